The van der Waals surface area contributed by atoms with E-state index in [4.69, 9.17) is 4.74 Å². The van der Waals surface area contributed by atoms with Gasteiger partial charge < -0.3 is 10.1 Å². The van der Waals surface area contributed by atoms with Gasteiger partial charge in [0.05, 0.1) is 13.2 Å². The van der Waals surface area contributed by atoms with Crippen molar-refractivity contribution in [2.75, 3.05) is 13.7 Å². The Morgan fingerprint density at radius 3 is 2.50 bits per heavy atom. The number of hydrogen-bond acceptors (Lipinski definition) is 2. The Kier molecular flexibility index (Phi) is 3.49. The molecule has 104 valence electrons. The molecule has 3 rings (SSSR count). The zero-order valence-corrected chi connectivity index (χ0v) is 12.3. The molecule has 0 fully saturated rings. The maximum atomic E-state index is 5.36. The standard InChI is InChI=1S/C18H21NO/c1-12-4-6-14(7-5-12)18-16-9-8-15(20-3)10-17(16)13(2)11-19-18/h4-10,13,18-19H,11H2,1-3H3. The molecule has 2 atom stereocenters. The molecule has 0 amide bonds. The van der Waals surface area contributed by atoms with Crippen LogP contribution in [0.3, 0.4) is 0 Å². The van der Waals surface area contributed by atoms with Gasteiger partial charge in [-0.3, -0.25) is 0 Å². The molecule has 0 radical (unpaired) electrons. The number of aryl methyl sites for hydroxylation is 1. The summed E-state index contributed by atoms with van der Waals surface area (Å²) >= 11 is 0. The first kappa shape index (κ1) is 13.2. The third kappa shape index (κ3) is 2.32. The Labute approximate surface area is 120 Å². The van der Waals surface area contributed by atoms with E-state index in [-0.39, 0.29) is 6.04 Å². The molecule has 2 nitrogen and oxygen atoms in total. The van der Waals surface area contributed by atoms with Crippen LogP contribution in [-0.4, -0.2) is 13.7 Å². The first-order chi connectivity index (χ1) is 9.69. The van der Waals surface area contributed by atoms with Crippen LogP contribution < -0.4 is 10.1 Å². The van der Waals surface area contributed by atoms with Gasteiger partial charge in [0, 0.05) is 6.54 Å². The molecule has 0 aromatic heterocycles. The quantitative estimate of drug-likeness (QED) is 0.893. The minimum absolute atomic E-state index is 0.285. The first-order valence-corrected chi connectivity index (χ1v) is 7.17. The van der Waals surface area contributed by atoms with E-state index in [9.17, 15) is 0 Å². The fourth-order valence-corrected chi connectivity index (χ4v) is 2.94. The number of benzene rings is 2. The summed E-state index contributed by atoms with van der Waals surface area (Å²) in [5.41, 5.74) is 5.39. The van der Waals surface area contributed by atoms with Gasteiger partial charge in [-0.15, -0.1) is 0 Å². The number of rotatable bonds is 2. The first-order valence-electron chi connectivity index (χ1n) is 7.17. The van der Waals surface area contributed by atoms with Crippen molar-refractivity contribution >= 4 is 0 Å². The van der Waals surface area contributed by atoms with Crippen LogP contribution in [0.5, 0.6) is 5.75 Å². The van der Waals surface area contributed by atoms with Gasteiger partial charge in [-0.2, -0.15) is 0 Å². The van der Waals surface area contributed by atoms with E-state index in [1.807, 2.05) is 0 Å². The SMILES string of the molecule is COc1ccc2c(c1)C(C)CNC2c1ccc(C)cc1. The maximum Gasteiger partial charge on any atom is 0.119 e. The third-order valence-electron chi connectivity index (χ3n) is 4.17. The van der Waals surface area contributed by atoms with Crippen LogP contribution in [0.15, 0.2) is 42.5 Å². The normalized spacial score (nSPS) is 21.4. The van der Waals surface area contributed by atoms with E-state index in [0.717, 1.165) is 12.3 Å². The molecule has 2 aromatic rings. The van der Waals surface area contributed by atoms with E-state index in [2.05, 4.69) is 61.6 Å². The molecule has 2 heteroatoms. The summed E-state index contributed by atoms with van der Waals surface area (Å²) in [6.07, 6.45) is 0. The third-order valence-corrected chi connectivity index (χ3v) is 4.17. The van der Waals surface area contributed by atoms with Crippen LogP contribution >= 0.6 is 0 Å². The van der Waals surface area contributed by atoms with Crippen LogP contribution in [0, 0.1) is 6.92 Å². The number of fused-ring (bicyclic) bond motifs is 1. The van der Waals surface area contributed by atoms with E-state index in [1.54, 1.807) is 7.11 Å². The van der Waals surface area contributed by atoms with Crippen molar-refractivity contribution in [1.29, 1.82) is 0 Å². The highest BCUT2D eigenvalue weighted by Crippen LogP contribution is 2.35. The fourth-order valence-electron chi connectivity index (χ4n) is 2.94. The smallest absolute Gasteiger partial charge is 0.119 e. The summed E-state index contributed by atoms with van der Waals surface area (Å²) in [6, 6.07) is 15.5. The van der Waals surface area contributed by atoms with Crippen molar-refractivity contribution in [3.63, 3.8) is 0 Å². The minimum Gasteiger partial charge on any atom is -0.497 e. The monoisotopic (exact) mass is 267 g/mol. The van der Waals surface area contributed by atoms with Gasteiger partial charge in [0.15, 0.2) is 0 Å². The largest absolute Gasteiger partial charge is 0.497 e. The van der Waals surface area contributed by atoms with Gasteiger partial charge in [-0.05, 0) is 41.7 Å². The van der Waals surface area contributed by atoms with Crippen molar-refractivity contribution < 1.29 is 4.74 Å². The zero-order chi connectivity index (χ0) is 14.1. The molecule has 2 unspecified atom stereocenters. The van der Waals surface area contributed by atoms with E-state index < -0.39 is 0 Å². The Morgan fingerprint density at radius 1 is 1.05 bits per heavy atom. The molecule has 2 aromatic carbocycles. The van der Waals surface area contributed by atoms with E-state index >= 15 is 0 Å². The summed E-state index contributed by atoms with van der Waals surface area (Å²) in [7, 11) is 1.73. The second-order valence-electron chi connectivity index (χ2n) is 5.65. The number of ether oxygens (including phenoxy) is 1. The van der Waals surface area contributed by atoms with Gasteiger partial charge in [-0.25, -0.2) is 0 Å². The Bertz CT molecular complexity index is 603. The predicted octanol–water partition coefficient (Wildman–Crippen LogP) is 3.80. The average Bonchev–Trinajstić information content (AvgIpc) is 2.49. The van der Waals surface area contributed by atoms with Crippen LogP contribution in [0.25, 0.3) is 0 Å². The molecule has 1 aliphatic heterocycles. The summed E-state index contributed by atoms with van der Waals surface area (Å²) in [5, 5.41) is 3.66. The van der Waals surface area contributed by atoms with E-state index in [0.29, 0.717) is 5.92 Å². The lowest BCUT2D eigenvalue weighted by Gasteiger charge is -2.31. The van der Waals surface area contributed by atoms with Crippen molar-refractivity contribution in [3.05, 3.63) is 64.7 Å². The van der Waals surface area contributed by atoms with Crippen LogP contribution in [0.2, 0.25) is 0 Å². The average molecular weight is 267 g/mol. The van der Waals surface area contributed by atoms with Crippen LogP contribution in [0.1, 0.15) is 41.1 Å². The molecule has 0 aliphatic carbocycles. The summed E-state index contributed by atoms with van der Waals surface area (Å²) in [4.78, 5) is 0. The minimum atomic E-state index is 0.285. The molecule has 0 saturated carbocycles. The van der Waals surface area contributed by atoms with Gasteiger partial charge in [0.25, 0.3) is 0 Å². The zero-order valence-electron chi connectivity index (χ0n) is 12.3. The lowest BCUT2D eigenvalue weighted by molar-refractivity contribution is 0.411. The molecule has 20 heavy (non-hydrogen) atoms. The van der Waals surface area contributed by atoms with Crippen LogP contribution in [0.4, 0.5) is 0 Å². The molecule has 1 heterocycles. The second-order valence-corrected chi connectivity index (χ2v) is 5.65. The highest BCUT2D eigenvalue weighted by atomic mass is 16.5. The maximum absolute atomic E-state index is 5.36. The van der Waals surface area contributed by atoms with Crippen molar-refractivity contribution in [2.24, 2.45) is 0 Å². The second kappa shape index (κ2) is 5.29. The Balaban J connectivity index is 2.04. The van der Waals surface area contributed by atoms with Crippen LogP contribution in [-0.2, 0) is 0 Å². The van der Waals surface area contributed by atoms with E-state index in [1.165, 1.54) is 22.3 Å². The van der Waals surface area contributed by atoms with Gasteiger partial charge in [-0.1, -0.05) is 42.8 Å². The highest BCUT2D eigenvalue weighted by Gasteiger charge is 2.25. The highest BCUT2D eigenvalue weighted by molar-refractivity contribution is 5.45. The summed E-state index contributed by atoms with van der Waals surface area (Å²) in [5.74, 6) is 1.46. The number of methoxy groups -OCH3 is 1. The number of nitrogens with one attached hydrogen (secondary N) is 1. The fraction of sp³-hybridized carbons (Fsp3) is 0.333. The molecular formula is C18H21NO. The van der Waals surface area contributed by atoms with Crippen molar-refractivity contribution in [3.8, 4) is 5.75 Å². The summed E-state index contributed by atoms with van der Waals surface area (Å²) < 4.78 is 5.36. The Hall–Kier alpha value is -1.80. The van der Waals surface area contributed by atoms with Crippen molar-refractivity contribution in [2.45, 2.75) is 25.8 Å². The molecular weight excluding hydrogens is 246 g/mol. The Morgan fingerprint density at radius 2 is 1.80 bits per heavy atom. The van der Waals surface area contributed by atoms with Gasteiger partial charge in [0.1, 0.15) is 5.75 Å². The predicted molar refractivity (Wildman–Crippen MR) is 82.4 cm³/mol. The molecule has 1 N–H and O–H groups in total. The topological polar surface area (TPSA) is 21.3 Å². The summed E-state index contributed by atoms with van der Waals surface area (Å²) in [6.45, 7) is 5.38. The lowest BCUT2D eigenvalue weighted by Crippen LogP contribution is -2.32. The van der Waals surface area contributed by atoms with Gasteiger partial charge in [0.2, 0.25) is 0 Å². The molecule has 1 aliphatic rings. The number of hydrogen-bond donors (Lipinski definition) is 1. The molecule has 0 spiro atoms. The molecule has 0 saturated heterocycles. The van der Waals surface area contributed by atoms with Gasteiger partial charge >= 0.3 is 0 Å². The lowest BCUT2D eigenvalue weighted by atomic mass is 9.84. The van der Waals surface area contributed by atoms with Crippen molar-refractivity contribution in [1.82, 2.24) is 5.32 Å². The molecule has 0 bridgehead atoms.